The molecule has 2 aromatic heterocycles. The van der Waals surface area contributed by atoms with E-state index in [1.54, 1.807) is 11.3 Å². The van der Waals surface area contributed by atoms with Crippen molar-refractivity contribution in [3.8, 4) is 0 Å². The zero-order valence-corrected chi connectivity index (χ0v) is 14.5. The average molecular weight is 330 g/mol. The van der Waals surface area contributed by atoms with E-state index in [9.17, 15) is 4.79 Å². The Morgan fingerprint density at radius 3 is 2.91 bits per heavy atom. The molecule has 1 atom stereocenters. The molecule has 6 heteroatoms. The maximum absolute atomic E-state index is 12.5. The highest BCUT2D eigenvalue weighted by molar-refractivity contribution is 7.16. The van der Waals surface area contributed by atoms with E-state index in [0.29, 0.717) is 6.42 Å². The minimum Gasteiger partial charge on any atom is -0.303 e. The lowest BCUT2D eigenvalue weighted by molar-refractivity contribution is -0.117. The molecule has 122 valence electrons. The summed E-state index contributed by atoms with van der Waals surface area (Å²) in [6.07, 6.45) is 5.81. The summed E-state index contributed by atoms with van der Waals surface area (Å²) >= 11 is 1.72. The number of hydrogen-bond acceptors (Lipinski definition) is 4. The molecule has 2 aliphatic rings. The number of anilines is 1. The van der Waals surface area contributed by atoms with Gasteiger partial charge in [0.05, 0.1) is 11.2 Å². The number of likely N-dealkylation sites (tertiary alicyclic amines) is 1. The Balaban J connectivity index is 1.45. The van der Waals surface area contributed by atoms with Gasteiger partial charge in [0.15, 0.2) is 0 Å². The fraction of sp³-hybridized carbons (Fsp3) is 0.529. The Morgan fingerprint density at radius 2 is 2.22 bits per heavy atom. The van der Waals surface area contributed by atoms with Crippen LogP contribution in [0.25, 0.3) is 0 Å². The van der Waals surface area contributed by atoms with Crippen LogP contribution in [0.1, 0.15) is 23.3 Å². The summed E-state index contributed by atoms with van der Waals surface area (Å²) < 4.78 is 1.85. The first-order chi connectivity index (χ1) is 11.0. The number of carbonyl (C=O) groups is 1. The highest BCUT2D eigenvalue weighted by Gasteiger charge is 2.47. The minimum absolute atomic E-state index is 0.136. The van der Waals surface area contributed by atoms with Crippen molar-refractivity contribution >= 4 is 22.2 Å². The summed E-state index contributed by atoms with van der Waals surface area (Å²) in [5.74, 6) is 0.287. The van der Waals surface area contributed by atoms with Crippen LogP contribution in [0, 0.1) is 12.3 Å². The Hall–Kier alpha value is -1.66. The first-order valence-electron chi connectivity index (χ1n) is 8.10. The average Bonchev–Trinajstić information content (AvgIpc) is 3.23. The summed E-state index contributed by atoms with van der Waals surface area (Å²) in [6.45, 7) is 5.97. The molecule has 2 aliphatic heterocycles. The number of aryl methyl sites for hydroxylation is 2. The van der Waals surface area contributed by atoms with Crippen molar-refractivity contribution in [2.75, 3.05) is 24.5 Å². The van der Waals surface area contributed by atoms with Crippen molar-refractivity contribution in [1.82, 2.24) is 14.7 Å². The molecule has 0 bridgehead atoms. The van der Waals surface area contributed by atoms with Crippen LogP contribution in [0.4, 0.5) is 5.00 Å². The number of carbonyl (C=O) groups excluding carboxylic acids is 1. The first-order valence-corrected chi connectivity index (χ1v) is 8.91. The third-order valence-corrected chi connectivity index (χ3v) is 6.02. The zero-order valence-electron chi connectivity index (χ0n) is 13.7. The molecular formula is C17H22N4OS. The van der Waals surface area contributed by atoms with Gasteiger partial charge >= 0.3 is 0 Å². The first kappa shape index (κ1) is 14.9. The Kier molecular flexibility index (Phi) is 3.54. The Bertz CT molecular complexity index is 737. The summed E-state index contributed by atoms with van der Waals surface area (Å²) in [6, 6.07) is 4.18. The van der Waals surface area contributed by atoms with Crippen LogP contribution >= 0.6 is 11.3 Å². The molecule has 5 nitrogen and oxygen atoms in total. The predicted octanol–water partition coefficient (Wildman–Crippen LogP) is 2.42. The van der Waals surface area contributed by atoms with Crippen molar-refractivity contribution in [2.24, 2.45) is 12.5 Å². The van der Waals surface area contributed by atoms with Crippen LogP contribution < -0.4 is 4.90 Å². The maximum Gasteiger partial charge on any atom is 0.228 e. The maximum atomic E-state index is 12.5. The van der Waals surface area contributed by atoms with E-state index >= 15 is 0 Å². The number of hydrogen-bond donors (Lipinski definition) is 0. The van der Waals surface area contributed by atoms with Crippen LogP contribution in [0.3, 0.4) is 0 Å². The topological polar surface area (TPSA) is 41.4 Å². The van der Waals surface area contributed by atoms with Crippen molar-refractivity contribution in [1.29, 1.82) is 0 Å². The molecule has 1 amide bonds. The van der Waals surface area contributed by atoms with Gasteiger partial charge in [0.25, 0.3) is 0 Å². The van der Waals surface area contributed by atoms with Crippen LogP contribution in [-0.4, -0.2) is 40.2 Å². The standard InChI is InChI=1S/C17H22N4OS/c1-13-3-4-16(23-13)21-12-17(7-15(21)22)5-6-20(11-17)10-14-8-18-19(2)9-14/h3-4,8-9H,5-7,10-12H2,1-2H3. The normalized spacial score (nSPS) is 25.1. The molecule has 0 aromatic carbocycles. The van der Waals surface area contributed by atoms with Gasteiger partial charge in [0.1, 0.15) is 0 Å². The van der Waals surface area contributed by atoms with Gasteiger partial charge < -0.3 is 4.90 Å². The molecule has 2 aromatic rings. The van der Waals surface area contributed by atoms with Gasteiger partial charge in [-0.1, -0.05) is 0 Å². The molecule has 0 saturated carbocycles. The van der Waals surface area contributed by atoms with E-state index in [1.807, 2.05) is 22.8 Å². The van der Waals surface area contributed by atoms with Gasteiger partial charge in [-0.2, -0.15) is 5.10 Å². The fourth-order valence-electron chi connectivity index (χ4n) is 3.91. The predicted molar refractivity (Wildman–Crippen MR) is 91.6 cm³/mol. The monoisotopic (exact) mass is 330 g/mol. The molecule has 0 radical (unpaired) electrons. The SMILES string of the molecule is Cc1ccc(N2CC3(CCN(Cc4cnn(C)c4)C3)CC2=O)s1. The molecule has 1 unspecified atom stereocenters. The largest absolute Gasteiger partial charge is 0.303 e. The molecule has 1 spiro atoms. The van der Waals surface area contributed by atoms with E-state index in [4.69, 9.17) is 0 Å². The second-order valence-corrected chi connectivity index (χ2v) is 8.29. The number of aromatic nitrogens is 2. The number of thiophene rings is 1. The second kappa shape index (κ2) is 5.46. The lowest BCUT2D eigenvalue weighted by Crippen LogP contribution is -2.30. The van der Waals surface area contributed by atoms with Crippen LogP contribution in [0.15, 0.2) is 24.5 Å². The molecular weight excluding hydrogens is 308 g/mol. The highest BCUT2D eigenvalue weighted by atomic mass is 32.1. The molecule has 2 saturated heterocycles. The van der Waals surface area contributed by atoms with E-state index in [2.05, 4.69) is 35.3 Å². The number of rotatable bonds is 3. The van der Waals surface area contributed by atoms with Crippen LogP contribution in [-0.2, 0) is 18.4 Å². The molecule has 23 heavy (non-hydrogen) atoms. The van der Waals surface area contributed by atoms with Gasteiger partial charge in [0.2, 0.25) is 5.91 Å². The fourth-order valence-corrected chi connectivity index (χ4v) is 4.79. The van der Waals surface area contributed by atoms with Crippen molar-refractivity contribution in [3.63, 3.8) is 0 Å². The van der Waals surface area contributed by atoms with Gasteiger partial charge in [0, 0.05) is 55.2 Å². The number of amides is 1. The summed E-state index contributed by atoms with van der Waals surface area (Å²) in [7, 11) is 1.95. The highest BCUT2D eigenvalue weighted by Crippen LogP contribution is 2.43. The molecule has 4 heterocycles. The van der Waals surface area contributed by atoms with E-state index < -0.39 is 0 Å². The quantitative estimate of drug-likeness (QED) is 0.868. The second-order valence-electron chi connectivity index (χ2n) is 7.02. The van der Waals surface area contributed by atoms with Crippen molar-refractivity contribution < 1.29 is 4.79 Å². The molecule has 2 fully saturated rings. The van der Waals surface area contributed by atoms with Gasteiger partial charge in [-0.25, -0.2) is 0 Å². The lowest BCUT2D eigenvalue weighted by atomic mass is 9.86. The van der Waals surface area contributed by atoms with Gasteiger partial charge in [-0.3, -0.25) is 14.4 Å². The Morgan fingerprint density at radius 1 is 1.35 bits per heavy atom. The van der Waals surface area contributed by atoms with Gasteiger partial charge in [-0.15, -0.1) is 11.3 Å². The summed E-state index contributed by atoms with van der Waals surface area (Å²) in [5, 5.41) is 5.35. The molecule has 0 N–H and O–H groups in total. The third-order valence-electron chi connectivity index (χ3n) is 4.99. The van der Waals surface area contributed by atoms with E-state index in [1.165, 1.54) is 10.4 Å². The van der Waals surface area contributed by atoms with Crippen molar-refractivity contribution in [3.05, 3.63) is 35.0 Å². The van der Waals surface area contributed by atoms with Crippen LogP contribution in [0.5, 0.6) is 0 Å². The zero-order chi connectivity index (χ0) is 16.0. The Labute approximate surface area is 140 Å². The van der Waals surface area contributed by atoms with Gasteiger partial charge in [-0.05, 0) is 32.0 Å². The van der Waals surface area contributed by atoms with Crippen LogP contribution in [0.2, 0.25) is 0 Å². The van der Waals surface area contributed by atoms with E-state index in [0.717, 1.165) is 37.6 Å². The molecule has 4 rings (SSSR count). The summed E-state index contributed by atoms with van der Waals surface area (Å²) in [4.78, 5) is 18.2. The summed E-state index contributed by atoms with van der Waals surface area (Å²) in [5.41, 5.74) is 1.39. The van der Waals surface area contributed by atoms with E-state index in [-0.39, 0.29) is 11.3 Å². The third kappa shape index (κ3) is 2.81. The van der Waals surface area contributed by atoms with Crippen molar-refractivity contribution in [2.45, 2.75) is 26.3 Å². The minimum atomic E-state index is 0.136. The smallest absolute Gasteiger partial charge is 0.228 e. The molecule has 0 aliphatic carbocycles. The lowest BCUT2D eigenvalue weighted by Gasteiger charge is -2.23. The number of nitrogens with zero attached hydrogens (tertiary/aromatic N) is 4.